The molecule has 144 valence electrons. The lowest BCUT2D eigenvalue weighted by Crippen LogP contribution is -2.37. The zero-order valence-electron chi connectivity index (χ0n) is 15.6. The number of amides is 1. The van der Waals surface area contributed by atoms with Crippen LogP contribution in [0.2, 0.25) is 0 Å². The smallest absolute Gasteiger partial charge is 0.266 e. The molecule has 6 heteroatoms. The zero-order chi connectivity index (χ0) is 19.5. The molecule has 2 aromatic carbocycles. The molecule has 5 nitrogen and oxygen atoms in total. The highest BCUT2D eigenvalue weighted by Gasteiger charge is 2.16. The third-order valence-corrected chi connectivity index (χ3v) is 5.62. The first kappa shape index (κ1) is 18.6. The molecule has 4 rings (SSSR count). The maximum Gasteiger partial charge on any atom is 0.266 e. The van der Waals surface area contributed by atoms with Gasteiger partial charge >= 0.3 is 0 Å². The Balaban J connectivity index is 1.53. The van der Waals surface area contributed by atoms with E-state index in [0.717, 1.165) is 23.9 Å². The maximum atomic E-state index is 12.8. The Bertz CT molecular complexity index is 1110. The Morgan fingerprint density at radius 3 is 2.54 bits per heavy atom. The van der Waals surface area contributed by atoms with E-state index >= 15 is 0 Å². The lowest BCUT2D eigenvalue weighted by atomic mass is 9.95. The number of carbonyl (C=O) groups is 1. The number of H-pyrrole nitrogens is 1. The summed E-state index contributed by atoms with van der Waals surface area (Å²) in [6.07, 6.45) is 6.16. The van der Waals surface area contributed by atoms with Gasteiger partial charge in [-0.1, -0.05) is 43.5 Å². The normalized spacial score (nSPS) is 14.9. The van der Waals surface area contributed by atoms with Gasteiger partial charge in [0.2, 0.25) is 5.91 Å². The molecule has 0 spiro atoms. The van der Waals surface area contributed by atoms with Crippen LogP contribution in [0.25, 0.3) is 16.6 Å². The molecule has 1 aliphatic carbocycles. The number of aromatic nitrogens is 2. The van der Waals surface area contributed by atoms with Crippen LogP contribution < -0.4 is 10.9 Å². The van der Waals surface area contributed by atoms with Crippen LogP contribution in [-0.2, 0) is 11.2 Å². The second-order valence-corrected chi connectivity index (χ2v) is 7.75. The fraction of sp³-hybridized carbons (Fsp3) is 0.318. The highest BCUT2D eigenvalue weighted by molar-refractivity contribution is 7.71. The van der Waals surface area contributed by atoms with Crippen molar-refractivity contribution in [2.75, 3.05) is 0 Å². The maximum absolute atomic E-state index is 12.8. The summed E-state index contributed by atoms with van der Waals surface area (Å²) in [6, 6.07) is 15.1. The molecule has 28 heavy (non-hydrogen) atoms. The van der Waals surface area contributed by atoms with Crippen molar-refractivity contribution < 1.29 is 4.79 Å². The second kappa shape index (κ2) is 8.10. The second-order valence-electron chi connectivity index (χ2n) is 7.36. The van der Waals surface area contributed by atoms with Gasteiger partial charge in [-0.3, -0.25) is 14.2 Å². The van der Waals surface area contributed by atoms with Crippen molar-refractivity contribution in [1.29, 1.82) is 0 Å². The summed E-state index contributed by atoms with van der Waals surface area (Å²) in [5, 5.41) is 3.73. The zero-order valence-corrected chi connectivity index (χ0v) is 16.4. The quantitative estimate of drug-likeness (QED) is 0.658. The Kier molecular flexibility index (Phi) is 5.39. The minimum atomic E-state index is -0.151. The van der Waals surface area contributed by atoms with Gasteiger partial charge < -0.3 is 10.3 Å². The molecule has 0 atom stereocenters. The van der Waals surface area contributed by atoms with Crippen LogP contribution in [0, 0.1) is 4.77 Å². The van der Waals surface area contributed by atoms with Crippen molar-refractivity contribution >= 4 is 29.0 Å². The molecule has 1 saturated carbocycles. The number of hydrogen-bond acceptors (Lipinski definition) is 3. The van der Waals surface area contributed by atoms with E-state index in [0.29, 0.717) is 28.3 Å². The Labute approximate surface area is 168 Å². The predicted octanol–water partition coefficient (Wildman–Crippen LogP) is 4.04. The lowest BCUT2D eigenvalue weighted by Gasteiger charge is -2.22. The van der Waals surface area contributed by atoms with E-state index in [1.54, 1.807) is 6.07 Å². The van der Waals surface area contributed by atoms with E-state index in [1.807, 2.05) is 42.5 Å². The van der Waals surface area contributed by atoms with Crippen LogP contribution in [0.3, 0.4) is 0 Å². The van der Waals surface area contributed by atoms with Crippen LogP contribution in [-0.4, -0.2) is 21.5 Å². The Morgan fingerprint density at radius 1 is 1.07 bits per heavy atom. The van der Waals surface area contributed by atoms with Crippen molar-refractivity contribution in [2.45, 2.75) is 44.6 Å². The number of carbonyl (C=O) groups excluding carboxylic acids is 1. The first-order chi connectivity index (χ1) is 13.6. The van der Waals surface area contributed by atoms with Crippen molar-refractivity contribution in [3.63, 3.8) is 0 Å². The van der Waals surface area contributed by atoms with Gasteiger partial charge in [0.1, 0.15) is 0 Å². The van der Waals surface area contributed by atoms with Crippen LogP contribution in [0.4, 0.5) is 0 Å². The summed E-state index contributed by atoms with van der Waals surface area (Å²) in [5.41, 5.74) is 2.18. The number of benzene rings is 2. The summed E-state index contributed by atoms with van der Waals surface area (Å²) >= 11 is 5.39. The molecular formula is C22H23N3O2S. The van der Waals surface area contributed by atoms with Crippen LogP contribution in [0.5, 0.6) is 0 Å². The SMILES string of the molecule is O=C(Cc1ccc(-n2c(=S)[nH]c3ccccc3c2=O)cc1)NC1CCCCC1. The summed E-state index contributed by atoms with van der Waals surface area (Å²) in [5.74, 6) is 0.0554. The van der Waals surface area contributed by atoms with Gasteiger partial charge in [0.15, 0.2) is 4.77 Å². The molecule has 0 radical (unpaired) electrons. The minimum Gasteiger partial charge on any atom is -0.353 e. The van der Waals surface area contributed by atoms with Gasteiger partial charge in [-0.05, 0) is 54.9 Å². The molecule has 0 saturated heterocycles. The number of hydrogen-bond donors (Lipinski definition) is 2. The third-order valence-electron chi connectivity index (χ3n) is 5.33. The van der Waals surface area contributed by atoms with Crippen LogP contribution >= 0.6 is 12.2 Å². The molecule has 2 N–H and O–H groups in total. The average Bonchev–Trinajstić information content (AvgIpc) is 2.70. The van der Waals surface area contributed by atoms with Crippen molar-refractivity contribution in [1.82, 2.24) is 14.9 Å². The summed E-state index contributed by atoms with van der Waals surface area (Å²) in [4.78, 5) is 28.3. The van der Waals surface area contributed by atoms with E-state index in [2.05, 4.69) is 10.3 Å². The molecule has 1 aromatic heterocycles. The van der Waals surface area contributed by atoms with Crippen LogP contribution in [0.1, 0.15) is 37.7 Å². The highest BCUT2D eigenvalue weighted by atomic mass is 32.1. The molecular weight excluding hydrogens is 370 g/mol. The van der Waals surface area contributed by atoms with Gasteiger partial charge in [0.25, 0.3) is 5.56 Å². The first-order valence-electron chi connectivity index (χ1n) is 9.74. The fourth-order valence-electron chi connectivity index (χ4n) is 3.87. The number of para-hydroxylation sites is 1. The highest BCUT2D eigenvalue weighted by Crippen LogP contribution is 2.18. The van der Waals surface area contributed by atoms with Crippen molar-refractivity contribution in [3.8, 4) is 5.69 Å². The van der Waals surface area contributed by atoms with Gasteiger partial charge in [-0.15, -0.1) is 0 Å². The molecule has 0 bridgehead atoms. The molecule has 1 aliphatic rings. The van der Waals surface area contributed by atoms with Crippen molar-refractivity contribution in [3.05, 3.63) is 69.2 Å². The number of nitrogens with one attached hydrogen (secondary N) is 2. The third kappa shape index (κ3) is 3.92. The Hall–Kier alpha value is -2.73. The van der Waals surface area contributed by atoms with E-state index in [1.165, 1.54) is 23.8 Å². The van der Waals surface area contributed by atoms with Gasteiger partial charge in [0.05, 0.1) is 23.0 Å². The number of fused-ring (bicyclic) bond motifs is 1. The van der Waals surface area contributed by atoms with Crippen molar-refractivity contribution in [2.24, 2.45) is 0 Å². The summed E-state index contributed by atoms with van der Waals surface area (Å²) in [7, 11) is 0. The fourth-order valence-corrected chi connectivity index (χ4v) is 4.17. The number of rotatable bonds is 4. The van der Waals surface area contributed by atoms with E-state index in [9.17, 15) is 9.59 Å². The summed E-state index contributed by atoms with van der Waals surface area (Å²) < 4.78 is 1.84. The molecule has 1 heterocycles. The predicted molar refractivity (Wildman–Crippen MR) is 113 cm³/mol. The molecule has 3 aromatic rings. The van der Waals surface area contributed by atoms with E-state index in [-0.39, 0.29) is 11.5 Å². The largest absolute Gasteiger partial charge is 0.353 e. The minimum absolute atomic E-state index is 0.0554. The van der Waals surface area contributed by atoms with Gasteiger partial charge in [-0.2, -0.15) is 0 Å². The number of nitrogens with zero attached hydrogens (tertiary/aromatic N) is 1. The number of aromatic amines is 1. The monoisotopic (exact) mass is 393 g/mol. The van der Waals surface area contributed by atoms with Gasteiger partial charge in [0, 0.05) is 6.04 Å². The topological polar surface area (TPSA) is 66.9 Å². The molecule has 1 amide bonds. The summed E-state index contributed by atoms with van der Waals surface area (Å²) in [6.45, 7) is 0. The van der Waals surface area contributed by atoms with E-state index < -0.39 is 0 Å². The standard InChI is InChI=1S/C22H23N3O2S/c26-20(23-16-6-2-1-3-7-16)14-15-10-12-17(13-11-15)25-21(27)18-8-4-5-9-19(18)24-22(25)28/h4-5,8-13,16H,1-3,6-7,14H2,(H,23,26)(H,24,28). The Morgan fingerprint density at radius 2 is 1.79 bits per heavy atom. The first-order valence-corrected chi connectivity index (χ1v) is 10.2. The molecule has 0 aliphatic heterocycles. The van der Waals surface area contributed by atoms with Crippen LogP contribution in [0.15, 0.2) is 53.3 Å². The average molecular weight is 394 g/mol. The van der Waals surface area contributed by atoms with E-state index in [4.69, 9.17) is 12.2 Å². The van der Waals surface area contributed by atoms with Gasteiger partial charge in [-0.25, -0.2) is 0 Å². The molecule has 1 fully saturated rings. The molecule has 0 unspecified atom stereocenters. The lowest BCUT2D eigenvalue weighted by molar-refractivity contribution is -0.121.